The van der Waals surface area contributed by atoms with Gasteiger partial charge >= 0.3 is 0 Å². The average Bonchev–Trinajstić information content (AvgIpc) is 3.13. The molecule has 2 heterocycles. The van der Waals surface area contributed by atoms with Crippen molar-refractivity contribution in [2.45, 2.75) is 24.8 Å². The van der Waals surface area contributed by atoms with Crippen LogP contribution in [0.5, 0.6) is 0 Å². The fourth-order valence-electron chi connectivity index (χ4n) is 3.06. The van der Waals surface area contributed by atoms with Crippen molar-refractivity contribution >= 4 is 22.4 Å². The highest BCUT2D eigenvalue weighted by molar-refractivity contribution is 7.89. The maximum atomic E-state index is 12.6. The maximum absolute atomic E-state index is 12.6. The van der Waals surface area contributed by atoms with Crippen LogP contribution in [0.15, 0.2) is 33.7 Å². The summed E-state index contributed by atoms with van der Waals surface area (Å²) in [4.78, 5) is 6.94. The molecule has 1 fully saturated rings. The predicted molar refractivity (Wildman–Crippen MR) is 105 cm³/mol. The minimum atomic E-state index is -3.47. The lowest BCUT2D eigenvalue weighted by molar-refractivity contribution is 0.190. The number of halogens is 1. The molecule has 1 aromatic heterocycles. The van der Waals surface area contributed by atoms with Gasteiger partial charge in [-0.1, -0.05) is 19.0 Å². The molecule has 1 unspecified atom stereocenters. The average molecular weight is 416 g/mol. The Morgan fingerprint density at radius 3 is 2.52 bits per heavy atom. The van der Waals surface area contributed by atoms with Crippen LogP contribution < -0.4 is 5.32 Å². The van der Waals surface area contributed by atoms with Crippen molar-refractivity contribution in [2.24, 2.45) is 0 Å². The number of likely N-dealkylation sites (N-methyl/N-ethyl adjacent to an activating group) is 1. The van der Waals surface area contributed by atoms with Gasteiger partial charge in [0.2, 0.25) is 10.0 Å². The van der Waals surface area contributed by atoms with Gasteiger partial charge in [-0.15, -0.1) is 12.4 Å². The van der Waals surface area contributed by atoms with E-state index in [0.29, 0.717) is 30.4 Å². The van der Waals surface area contributed by atoms with Gasteiger partial charge in [0, 0.05) is 38.3 Å². The van der Waals surface area contributed by atoms with Crippen molar-refractivity contribution in [2.75, 3.05) is 39.8 Å². The molecule has 1 atom stereocenters. The molecule has 0 radical (unpaired) electrons. The second-order valence-electron chi connectivity index (χ2n) is 6.27. The molecule has 0 bridgehead atoms. The fraction of sp³-hybridized carbons (Fsp3) is 0.529. The zero-order chi connectivity index (χ0) is 18.7. The van der Waals surface area contributed by atoms with E-state index in [2.05, 4.69) is 20.4 Å². The highest BCUT2D eigenvalue weighted by Gasteiger charge is 2.26. The molecule has 1 saturated heterocycles. The lowest BCUT2D eigenvalue weighted by Crippen LogP contribution is -2.44. The first-order valence-electron chi connectivity index (χ1n) is 8.82. The molecule has 2 aromatic rings. The van der Waals surface area contributed by atoms with Crippen LogP contribution in [0.1, 0.15) is 25.7 Å². The minimum Gasteiger partial charge on any atom is -0.334 e. The summed E-state index contributed by atoms with van der Waals surface area (Å²) >= 11 is 0. The molecular weight excluding hydrogens is 390 g/mol. The van der Waals surface area contributed by atoms with Crippen LogP contribution in [0.3, 0.4) is 0 Å². The van der Waals surface area contributed by atoms with Crippen LogP contribution in [0, 0.1) is 0 Å². The second kappa shape index (κ2) is 9.11. The van der Waals surface area contributed by atoms with Gasteiger partial charge in [0.1, 0.15) is 0 Å². The zero-order valence-electron chi connectivity index (χ0n) is 15.8. The summed E-state index contributed by atoms with van der Waals surface area (Å²) in [6, 6.07) is 6.65. The standard InChI is InChI=1S/C17H25N5O3S.ClH/c1-4-22(5-2)26(23,24)14-8-6-13(7-9-14)17-19-16(20-25-17)15-12-18-10-11-21(15)3;/h6-9,15,18H,4-5,10-12H2,1-3H3;1H. The quantitative estimate of drug-likeness (QED) is 0.768. The van der Waals surface area contributed by atoms with E-state index in [9.17, 15) is 8.42 Å². The van der Waals surface area contributed by atoms with Gasteiger partial charge in [0.25, 0.3) is 5.89 Å². The summed E-state index contributed by atoms with van der Waals surface area (Å²) in [6.07, 6.45) is 0. The Labute approximate surface area is 166 Å². The summed E-state index contributed by atoms with van der Waals surface area (Å²) in [7, 11) is -1.43. The highest BCUT2D eigenvalue weighted by Crippen LogP contribution is 2.24. The first-order valence-corrected chi connectivity index (χ1v) is 10.3. The van der Waals surface area contributed by atoms with Crippen molar-refractivity contribution in [3.05, 3.63) is 30.1 Å². The maximum Gasteiger partial charge on any atom is 0.257 e. The Morgan fingerprint density at radius 2 is 1.93 bits per heavy atom. The number of hydrogen-bond donors (Lipinski definition) is 1. The minimum absolute atomic E-state index is 0. The highest BCUT2D eigenvalue weighted by atomic mass is 35.5. The van der Waals surface area contributed by atoms with E-state index in [1.54, 1.807) is 24.3 Å². The largest absolute Gasteiger partial charge is 0.334 e. The number of sulfonamides is 1. The van der Waals surface area contributed by atoms with Crippen molar-refractivity contribution in [1.82, 2.24) is 24.7 Å². The van der Waals surface area contributed by atoms with Crippen molar-refractivity contribution < 1.29 is 12.9 Å². The Balaban J connectivity index is 0.00000261. The third-order valence-electron chi connectivity index (χ3n) is 4.70. The fourth-order valence-corrected chi connectivity index (χ4v) is 4.52. The Morgan fingerprint density at radius 1 is 1.26 bits per heavy atom. The second-order valence-corrected chi connectivity index (χ2v) is 8.21. The van der Waals surface area contributed by atoms with E-state index in [1.807, 2.05) is 20.9 Å². The number of benzene rings is 1. The van der Waals surface area contributed by atoms with Crippen molar-refractivity contribution in [1.29, 1.82) is 0 Å². The topological polar surface area (TPSA) is 91.6 Å². The monoisotopic (exact) mass is 415 g/mol. The Bertz CT molecular complexity index is 837. The molecule has 1 aliphatic heterocycles. The van der Waals surface area contributed by atoms with Gasteiger partial charge in [-0.25, -0.2) is 8.42 Å². The summed E-state index contributed by atoms with van der Waals surface area (Å²) in [6.45, 7) is 7.18. The van der Waals surface area contributed by atoms with E-state index in [-0.39, 0.29) is 23.3 Å². The number of nitrogens with one attached hydrogen (secondary N) is 1. The van der Waals surface area contributed by atoms with Gasteiger partial charge in [0.05, 0.1) is 10.9 Å². The van der Waals surface area contributed by atoms with E-state index >= 15 is 0 Å². The van der Waals surface area contributed by atoms with Gasteiger partial charge in [0.15, 0.2) is 5.82 Å². The number of hydrogen-bond acceptors (Lipinski definition) is 7. The Hall–Kier alpha value is -1.52. The van der Waals surface area contributed by atoms with E-state index in [1.165, 1.54) is 4.31 Å². The molecular formula is C17H26ClN5O3S. The van der Waals surface area contributed by atoms with Crippen LogP contribution in [0.4, 0.5) is 0 Å². The van der Waals surface area contributed by atoms with E-state index in [0.717, 1.165) is 19.6 Å². The molecule has 10 heteroatoms. The third kappa shape index (κ3) is 4.49. The molecule has 8 nitrogen and oxygen atoms in total. The van der Waals surface area contributed by atoms with E-state index in [4.69, 9.17) is 4.52 Å². The number of nitrogens with zero attached hydrogens (tertiary/aromatic N) is 4. The summed E-state index contributed by atoms with van der Waals surface area (Å²) in [5, 5.41) is 7.42. The normalized spacial score (nSPS) is 18.4. The molecule has 0 aliphatic carbocycles. The molecule has 1 aliphatic rings. The first-order chi connectivity index (χ1) is 12.5. The van der Waals surface area contributed by atoms with Gasteiger partial charge in [-0.05, 0) is 31.3 Å². The summed E-state index contributed by atoms with van der Waals surface area (Å²) in [5.74, 6) is 1.03. The third-order valence-corrected chi connectivity index (χ3v) is 6.76. The molecule has 1 N–H and O–H groups in total. The Kier molecular flexibility index (Phi) is 7.35. The number of aromatic nitrogens is 2. The molecule has 150 valence electrons. The number of rotatable bonds is 6. The van der Waals surface area contributed by atoms with Crippen LogP contribution >= 0.6 is 12.4 Å². The smallest absolute Gasteiger partial charge is 0.257 e. The summed E-state index contributed by atoms with van der Waals surface area (Å²) < 4.78 is 31.9. The van der Waals surface area contributed by atoms with E-state index < -0.39 is 10.0 Å². The van der Waals surface area contributed by atoms with Crippen molar-refractivity contribution in [3.63, 3.8) is 0 Å². The van der Waals surface area contributed by atoms with Crippen molar-refractivity contribution in [3.8, 4) is 11.5 Å². The van der Waals surface area contributed by atoms with Gasteiger partial charge in [-0.2, -0.15) is 9.29 Å². The molecule has 1 aromatic carbocycles. The van der Waals surface area contributed by atoms with Crippen LogP contribution in [0.2, 0.25) is 0 Å². The summed E-state index contributed by atoms with van der Waals surface area (Å²) in [5.41, 5.74) is 0.702. The van der Waals surface area contributed by atoms with Crippen LogP contribution in [0.25, 0.3) is 11.5 Å². The van der Waals surface area contributed by atoms with Crippen LogP contribution in [-0.4, -0.2) is 67.5 Å². The molecule has 0 spiro atoms. The molecule has 0 amide bonds. The SMILES string of the molecule is CCN(CC)S(=O)(=O)c1ccc(-c2nc(C3CNCCN3C)no2)cc1.Cl. The predicted octanol–water partition coefficient (Wildman–Crippen LogP) is 1.77. The lowest BCUT2D eigenvalue weighted by Gasteiger charge is -2.30. The lowest BCUT2D eigenvalue weighted by atomic mass is 10.2. The van der Waals surface area contributed by atoms with Gasteiger partial charge < -0.3 is 9.84 Å². The zero-order valence-corrected chi connectivity index (χ0v) is 17.4. The number of piperazine rings is 1. The molecule has 3 rings (SSSR count). The first kappa shape index (κ1) is 21.8. The molecule has 27 heavy (non-hydrogen) atoms. The molecule has 0 saturated carbocycles. The van der Waals surface area contributed by atoms with Gasteiger partial charge in [-0.3, -0.25) is 4.90 Å². The van der Waals surface area contributed by atoms with Crippen LogP contribution in [-0.2, 0) is 10.0 Å².